The van der Waals surface area contributed by atoms with Crippen molar-refractivity contribution in [3.63, 3.8) is 0 Å². The summed E-state index contributed by atoms with van der Waals surface area (Å²) in [6, 6.07) is 3.94. The number of thiazole rings is 1. The number of benzene rings is 1. The second-order valence-electron chi connectivity index (χ2n) is 3.37. The summed E-state index contributed by atoms with van der Waals surface area (Å²) in [6.45, 7) is 1.75. The molecule has 0 aliphatic rings. The first-order valence-corrected chi connectivity index (χ1v) is 6.53. The van der Waals surface area contributed by atoms with Gasteiger partial charge in [0.05, 0.1) is 15.9 Å². The molecule has 0 amide bonds. The van der Waals surface area contributed by atoms with Gasteiger partial charge >= 0.3 is 0 Å². The van der Waals surface area contributed by atoms with Gasteiger partial charge in [-0.1, -0.05) is 0 Å². The van der Waals surface area contributed by atoms with E-state index < -0.39 is 0 Å². The van der Waals surface area contributed by atoms with Gasteiger partial charge < -0.3 is 10.2 Å². The summed E-state index contributed by atoms with van der Waals surface area (Å²) in [5.41, 5.74) is 9.32. The maximum absolute atomic E-state index is 6.05. The van der Waals surface area contributed by atoms with Gasteiger partial charge in [0, 0.05) is 11.8 Å². The number of aryl methyl sites for hydroxylation is 1. The largest absolute Gasteiger partial charge is 0.416 e. The van der Waals surface area contributed by atoms with Crippen LogP contribution in [0.25, 0.3) is 10.2 Å². The highest BCUT2D eigenvalue weighted by atomic mass is 32.2. The zero-order valence-electron chi connectivity index (χ0n) is 8.88. The van der Waals surface area contributed by atoms with E-state index >= 15 is 0 Å². The molecule has 0 bridgehead atoms. The van der Waals surface area contributed by atoms with Crippen molar-refractivity contribution in [3.8, 4) is 0 Å². The van der Waals surface area contributed by atoms with Crippen LogP contribution in [0.3, 0.4) is 0 Å². The number of nitrogens with two attached hydrogens (primary N) is 1. The Labute approximate surface area is 105 Å². The maximum atomic E-state index is 6.05. The van der Waals surface area contributed by atoms with Crippen LogP contribution in [0.5, 0.6) is 0 Å². The van der Waals surface area contributed by atoms with Crippen molar-refractivity contribution in [2.75, 3.05) is 5.73 Å². The number of hydrogen-bond donors (Lipinski definition) is 1. The lowest BCUT2D eigenvalue weighted by Gasteiger charge is -2.02. The second kappa shape index (κ2) is 4.01. The molecule has 86 valence electrons. The molecule has 0 aliphatic heterocycles. The second-order valence-corrected chi connectivity index (χ2v) is 5.25. The predicted molar refractivity (Wildman–Crippen MR) is 67.2 cm³/mol. The summed E-state index contributed by atoms with van der Waals surface area (Å²) < 4.78 is 6.38. The monoisotopic (exact) mass is 264 g/mol. The van der Waals surface area contributed by atoms with Gasteiger partial charge in [0.2, 0.25) is 5.89 Å². The van der Waals surface area contributed by atoms with Crippen LogP contribution in [0.1, 0.15) is 5.89 Å². The van der Waals surface area contributed by atoms with Crippen LogP contribution in [0.4, 0.5) is 5.69 Å². The molecule has 2 aromatic heterocycles. The Hall–Kier alpha value is -1.60. The molecule has 0 saturated heterocycles. The summed E-state index contributed by atoms with van der Waals surface area (Å²) in [6.07, 6.45) is 0. The molecule has 0 unspecified atom stereocenters. The third-order valence-corrected chi connectivity index (χ3v) is 3.92. The molecular weight excluding hydrogens is 256 g/mol. The molecule has 17 heavy (non-hydrogen) atoms. The molecule has 3 aromatic rings. The van der Waals surface area contributed by atoms with Crippen molar-refractivity contribution in [2.45, 2.75) is 17.0 Å². The van der Waals surface area contributed by atoms with Crippen molar-refractivity contribution >= 4 is 39.0 Å². The summed E-state index contributed by atoms with van der Waals surface area (Å²) in [5, 5.41) is 8.19. The smallest absolute Gasteiger partial charge is 0.281 e. The van der Waals surface area contributed by atoms with Crippen LogP contribution in [-0.2, 0) is 0 Å². The summed E-state index contributed by atoms with van der Waals surface area (Å²) in [4.78, 5) is 5.12. The summed E-state index contributed by atoms with van der Waals surface area (Å²) in [7, 11) is 0. The fraction of sp³-hybridized carbons (Fsp3) is 0.100. The molecule has 5 nitrogen and oxygen atoms in total. The number of anilines is 1. The third-order valence-electron chi connectivity index (χ3n) is 2.21. The number of nitrogens with zero attached hydrogens (tertiary/aromatic N) is 3. The minimum atomic E-state index is 0.490. The lowest BCUT2D eigenvalue weighted by atomic mass is 10.3. The molecule has 0 atom stereocenters. The Morgan fingerprint density at radius 2 is 2.24 bits per heavy atom. The summed E-state index contributed by atoms with van der Waals surface area (Å²) >= 11 is 2.92. The Morgan fingerprint density at radius 3 is 3.00 bits per heavy atom. The number of hydrogen-bond acceptors (Lipinski definition) is 7. The first-order chi connectivity index (χ1) is 8.24. The molecule has 3 rings (SSSR count). The maximum Gasteiger partial charge on any atom is 0.281 e. The predicted octanol–water partition coefficient (Wildman–Crippen LogP) is 2.72. The van der Waals surface area contributed by atoms with Gasteiger partial charge in [0.25, 0.3) is 5.22 Å². The van der Waals surface area contributed by atoms with Crippen LogP contribution in [0.15, 0.2) is 32.2 Å². The van der Waals surface area contributed by atoms with Crippen LogP contribution >= 0.6 is 23.1 Å². The summed E-state index contributed by atoms with van der Waals surface area (Å²) in [5.74, 6) is 0.542. The standard InChI is InChI=1S/C10H8N4OS2/c1-5-13-14-10(15-5)17-6-2-3-7-9(8(6)11)12-4-16-7/h2-4H,11H2,1H3. The Bertz CT molecular complexity index is 676. The minimum Gasteiger partial charge on any atom is -0.416 e. The van der Waals surface area contributed by atoms with Gasteiger partial charge in [-0.05, 0) is 23.9 Å². The number of fused-ring (bicyclic) bond motifs is 1. The van der Waals surface area contributed by atoms with Crippen molar-refractivity contribution in [2.24, 2.45) is 0 Å². The van der Waals surface area contributed by atoms with E-state index in [-0.39, 0.29) is 0 Å². The van der Waals surface area contributed by atoms with Crippen LogP contribution < -0.4 is 5.73 Å². The van der Waals surface area contributed by atoms with Crippen LogP contribution in [-0.4, -0.2) is 15.2 Å². The average molecular weight is 264 g/mol. The fourth-order valence-corrected chi connectivity index (χ4v) is 2.90. The van der Waals surface area contributed by atoms with Crippen molar-refractivity contribution in [1.82, 2.24) is 15.2 Å². The highest BCUT2D eigenvalue weighted by molar-refractivity contribution is 7.99. The third kappa shape index (κ3) is 1.87. The fourth-order valence-electron chi connectivity index (χ4n) is 1.44. The van der Waals surface area contributed by atoms with E-state index in [0.717, 1.165) is 15.1 Å². The van der Waals surface area contributed by atoms with E-state index in [4.69, 9.17) is 10.2 Å². The van der Waals surface area contributed by atoms with Crippen LogP contribution in [0.2, 0.25) is 0 Å². The average Bonchev–Trinajstić information content (AvgIpc) is 2.92. The molecule has 0 fully saturated rings. The Kier molecular flexibility index (Phi) is 2.49. The first kappa shape index (κ1) is 10.5. The van der Waals surface area contributed by atoms with Crippen molar-refractivity contribution < 1.29 is 4.42 Å². The first-order valence-electron chi connectivity index (χ1n) is 4.83. The van der Waals surface area contributed by atoms with Gasteiger partial charge in [0.15, 0.2) is 0 Å². The van der Waals surface area contributed by atoms with E-state index in [1.54, 1.807) is 23.8 Å². The van der Waals surface area contributed by atoms with Gasteiger partial charge in [-0.2, -0.15) is 0 Å². The van der Waals surface area contributed by atoms with Gasteiger partial charge in [-0.25, -0.2) is 4.98 Å². The topological polar surface area (TPSA) is 77.8 Å². The number of aromatic nitrogens is 3. The molecule has 0 spiro atoms. The van der Waals surface area contributed by atoms with E-state index in [0.29, 0.717) is 16.8 Å². The number of rotatable bonds is 2. The molecule has 7 heteroatoms. The molecule has 0 aliphatic carbocycles. The SMILES string of the molecule is Cc1nnc(Sc2ccc3scnc3c2N)o1. The van der Waals surface area contributed by atoms with E-state index in [9.17, 15) is 0 Å². The van der Waals surface area contributed by atoms with E-state index in [1.807, 2.05) is 12.1 Å². The Balaban J connectivity index is 2.02. The highest BCUT2D eigenvalue weighted by Crippen LogP contribution is 2.36. The highest BCUT2D eigenvalue weighted by Gasteiger charge is 2.11. The molecular formula is C10H8N4OS2. The minimum absolute atomic E-state index is 0.490. The van der Waals surface area contributed by atoms with Gasteiger partial charge in [-0.3, -0.25) is 0 Å². The Morgan fingerprint density at radius 1 is 1.35 bits per heavy atom. The molecule has 2 N–H and O–H groups in total. The molecule has 0 radical (unpaired) electrons. The lowest BCUT2D eigenvalue weighted by Crippen LogP contribution is -1.90. The normalized spacial score (nSPS) is 11.1. The van der Waals surface area contributed by atoms with Crippen LogP contribution in [0, 0.1) is 6.92 Å². The van der Waals surface area contributed by atoms with Gasteiger partial charge in [0.1, 0.15) is 5.52 Å². The van der Waals surface area contributed by atoms with Crippen molar-refractivity contribution in [3.05, 3.63) is 23.5 Å². The molecule has 2 heterocycles. The zero-order chi connectivity index (χ0) is 11.8. The molecule has 1 aromatic carbocycles. The molecule has 0 saturated carbocycles. The van der Waals surface area contributed by atoms with Crippen molar-refractivity contribution in [1.29, 1.82) is 0 Å². The number of nitrogen functional groups attached to an aromatic ring is 1. The van der Waals surface area contributed by atoms with Gasteiger partial charge in [-0.15, -0.1) is 21.5 Å². The quantitative estimate of drug-likeness (QED) is 0.717. The lowest BCUT2D eigenvalue weighted by molar-refractivity contribution is 0.429. The van der Waals surface area contributed by atoms with E-state index in [1.165, 1.54) is 11.8 Å². The zero-order valence-corrected chi connectivity index (χ0v) is 10.5. The van der Waals surface area contributed by atoms with E-state index in [2.05, 4.69) is 15.2 Å².